The maximum Gasteiger partial charge on any atom is 0.271 e. The number of rotatable bonds is 9. The number of piperidine rings is 3. The van der Waals surface area contributed by atoms with Gasteiger partial charge in [0.15, 0.2) is 0 Å². The number of likely N-dealkylation sites (tertiary alicyclic amines) is 1. The SMILES string of the molecule is N#Cc1ccc(O[C@H]2CC[C@H](NC(=O)c3cnc(N4CCC5(CC4)CN(CC4CCN(c6cc7c(cc6F)C(=O)N(C6CCC(=O)NC6=O)C7=O)CC4)C5)cn3)CC2)cc1Cl. The molecule has 0 bridgehead atoms. The fourth-order valence-electron chi connectivity index (χ4n) is 10.0. The second-order valence-electron chi connectivity index (χ2n) is 17.5. The number of nitriles is 1. The second-order valence-corrected chi connectivity index (χ2v) is 17.9. The van der Waals surface area contributed by atoms with Gasteiger partial charge in [-0.3, -0.25) is 34.2 Å². The first kappa shape index (κ1) is 40.7. The molecule has 6 aliphatic rings. The van der Waals surface area contributed by atoms with Crippen LogP contribution in [0.3, 0.4) is 0 Å². The molecule has 1 saturated carbocycles. The Bertz CT molecular complexity index is 2290. The Hall–Kier alpha value is -5.66. The van der Waals surface area contributed by atoms with Gasteiger partial charge in [-0.1, -0.05) is 11.6 Å². The van der Waals surface area contributed by atoms with Crippen molar-refractivity contribution < 1.29 is 33.1 Å². The van der Waals surface area contributed by atoms with Crippen molar-refractivity contribution in [2.75, 3.05) is 55.6 Å². The molecular formula is C44H47ClFN9O6. The van der Waals surface area contributed by atoms with E-state index in [1.807, 2.05) is 4.90 Å². The smallest absolute Gasteiger partial charge is 0.271 e. The summed E-state index contributed by atoms with van der Waals surface area (Å²) in [5, 5.41) is 14.8. The number of carbonyl (C=O) groups excluding carboxylic acids is 5. The van der Waals surface area contributed by atoms with Crippen LogP contribution in [0, 0.1) is 28.5 Å². The molecule has 3 aromatic rings. The fourth-order valence-corrected chi connectivity index (χ4v) is 10.3. The van der Waals surface area contributed by atoms with Crippen molar-refractivity contribution >= 4 is 52.6 Å². The summed E-state index contributed by atoms with van der Waals surface area (Å²) >= 11 is 6.15. The molecule has 1 aliphatic carbocycles. The predicted octanol–water partition coefficient (Wildman–Crippen LogP) is 4.48. The monoisotopic (exact) mass is 851 g/mol. The number of anilines is 2. The molecule has 9 rings (SSSR count). The van der Waals surface area contributed by atoms with Crippen LogP contribution in [-0.2, 0) is 9.59 Å². The first-order valence-electron chi connectivity index (χ1n) is 21.2. The molecule has 1 atom stereocenters. The lowest BCUT2D eigenvalue weighted by molar-refractivity contribution is -0.136. The van der Waals surface area contributed by atoms with E-state index in [4.69, 9.17) is 21.6 Å². The van der Waals surface area contributed by atoms with Crippen molar-refractivity contribution in [1.82, 2.24) is 30.4 Å². The number of benzene rings is 2. The van der Waals surface area contributed by atoms with Gasteiger partial charge in [-0.05, 0) is 93.4 Å². The van der Waals surface area contributed by atoms with Gasteiger partial charge in [0.1, 0.15) is 35.2 Å². The predicted molar refractivity (Wildman–Crippen MR) is 221 cm³/mol. The van der Waals surface area contributed by atoms with E-state index in [2.05, 4.69) is 36.5 Å². The Labute approximate surface area is 357 Å². The fraction of sp³-hybridized carbons (Fsp3) is 0.500. The lowest BCUT2D eigenvalue weighted by Crippen LogP contribution is -2.61. The molecule has 61 heavy (non-hydrogen) atoms. The standard InChI is InChI=1S/C44H47ClFN9O6/c45-33-17-30(4-1-27(33)20-47)61-29-5-2-28(3-6-29)50-40(57)35-21-49-38(22-48-35)54-15-11-44(12-16-54)24-52(25-44)23-26-9-13-53(14-10-26)37-19-32-31(18-34(37)46)42(59)55(43(32)60)36-7-8-39(56)51-41(36)58/h1,4,17-19,21-22,26,28-29,36H,2-3,5-16,23-25H2,(H,50,57)(H,51,56,58)/t28-,29-,36?. The summed E-state index contributed by atoms with van der Waals surface area (Å²) in [6.45, 7) is 6.08. The van der Waals surface area contributed by atoms with E-state index < -0.39 is 35.5 Å². The highest BCUT2D eigenvalue weighted by Crippen LogP contribution is 2.42. The molecular weight excluding hydrogens is 805 g/mol. The summed E-state index contributed by atoms with van der Waals surface area (Å²) in [6.07, 6.45) is 10.3. The van der Waals surface area contributed by atoms with Crippen molar-refractivity contribution in [3.8, 4) is 11.8 Å². The zero-order valence-electron chi connectivity index (χ0n) is 33.7. The van der Waals surface area contributed by atoms with Crippen LogP contribution in [0.4, 0.5) is 15.9 Å². The van der Waals surface area contributed by atoms with Gasteiger partial charge < -0.3 is 24.8 Å². The number of fused-ring (bicyclic) bond motifs is 1. The number of carbonyl (C=O) groups is 5. The van der Waals surface area contributed by atoms with Gasteiger partial charge in [-0.2, -0.15) is 5.26 Å². The number of aromatic nitrogens is 2. The third-order valence-corrected chi connectivity index (χ3v) is 13.8. The molecule has 15 nitrogen and oxygen atoms in total. The van der Waals surface area contributed by atoms with Crippen LogP contribution in [0.25, 0.3) is 0 Å². The summed E-state index contributed by atoms with van der Waals surface area (Å²) in [5.41, 5.74) is 1.31. The van der Waals surface area contributed by atoms with Crippen molar-refractivity contribution in [1.29, 1.82) is 5.26 Å². The van der Waals surface area contributed by atoms with Gasteiger partial charge in [0.05, 0.1) is 45.9 Å². The lowest BCUT2D eigenvalue weighted by atomic mass is 9.71. The molecule has 2 aromatic carbocycles. The summed E-state index contributed by atoms with van der Waals surface area (Å²) in [4.78, 5) is 80.2. The van der Waals surface area contributed by atoms with Crippen molar-refractivity contribution in [2.45, 2.75) is 82.4 Å². The van der Waals surface area contributed by atoms with Gasteiger partial charge in [0, 0.05) is 64.3 Å². The number of imide groups is 2. The van der Waals surface area contributed by atoms with E-state index in [0.717, 1.165) is 101 Å². The number of nitrogens with zero attached hydrogens (tertiary/aromatic N) is 7. The van der Waals surface area contributed by atoms with Crippen molar-refractivity contribution in [3.63, 3.8) is 0 Å². The molecule has 5 amide bonds. The second kappa shape index (κ2) is 16.7. The zero-order chi connectivity index (χ0) is 42.4. The quantitative estimate of drug-likeness (QED) is 0.289. The molecule has 17 heteroatoms. The maximum atomic E-state index is 15.5. The number of hydrogen-bond donors (Lipinski definition) is 2. The lowest BCUT2D eigenvalue weighted by Gasteiger charge is -2.55. The minimum absolute atomic E-state index is 0.0137. The Kier molecular flexibility index (Phi) is 11.1. The van der Waals surface area contributed by atoms with Gasteiger partial charge in [-0.25, -0.2) is 14.4 Å². The first-order chi connectivity index (χ1) is 29.5. The Morgan fingerprint density at radius 1 is 0.918 bits per heavy atom. The Morgan fingerprint density at radius 3 is 2.30 bits per heavy atom. The van der Waals surface area contributed by atoms with E-state index in [-0.39, 0.29) is 53.1 Å². The minimum Gasteiger partial charge on any atom is -0.490 e. The molecule has 1 spiro atoms. The molecule has 5 fully saturated rings. The topological polar surface area (TPSA) is 181 Å². The van der Waals surface area contributed by atoms with Crippen LogP contribution in [-0.4, -0.2) is 113 Å². The Morgan fingerprint density at radius 2 is 1.64 bits per heavy atom. The number of amides is 5. The normalized spacial score (nSPS) is 24.3. The third-order valence-electron chi connectivity index (χ3n) is 13.5. The van der Waals surface area contributed by atoms with Gasteiger partial charge in [-0.15, -0.1) is 0 Å². The summed E-state index contributed by atoms with van der Waals surface area (Å²) in [5.74, 6) is -1.42. The summed E-state index contributed by atoms with van der Waals surface area (Å²) in [6, 6.07) is 8.61. The third kappa shape index (κ3) is 8.25. The van der Waals surface area contributed by atoms with Gasteiger partial charge in [0.2, 0.25) is 11.8 Å². The van der Waals surface area contributed by atoms with E-state index in [1.165, 1.54) is 6.07 Å². The highest BCUT2D eigenvalue weighted by Gasteiger charge is 2.47. The van der Waals surface area contributed by atoms with E-state index >= 15 is 4.39 Å². The maximum absolute atomic E-state index is 15.5. The average molecular weight is 852 g/mol. The molecule has 1 aromatic heterocycles. The molecule has 0 radical (unpaired) electrons. The highest BCUT2D eigenvalue weighted by molar-refractivity contribution is 6.31. The van der Waals surface area contributed by atoms with Crippen LogP contribution in [0.2, 0.25) is 5.02 Å². The largest absolute Gasteiger partial charge is 0.490 e. The minimum atomic E-state index is -1.09. The van der Waals surface area contributed by atoms with Gasteiger partial charge >= 0.3 is 0 Å². The molecule has 2 N–H and O–H groups in total. The van der Waals surface area contributed by atoms with Gasteiger partial charge in [0.25, 0.3) is 17.7 Å². The molecule has 318 valence electrons. The molecule has 6 heterocycles. The van der Waals surface area contributed by atoms with E-state index in [9.17, 15) is 24.0 Å². The van der Waals surface area contributed by atoms with E-state index in [1.54, 1.807) is 30.6 Å². The zero-order valence-corrected chi connectivity index (χ0v) is 34.5. The van der Waals surface area contributed by atoms with Crippen LogP contribution >= 0.6 is 11.6 Å². The van der Waals surface area contributed by atoms with Crippen LogP contribution in [0.1, 0.15) is 101 Å². The average Bonchev–Trinajstić information content (AvgIpc) is 3.48. The van der Waals surface area contributed by atoms with E-state index in [0.29, 0.717) is 41.0 Å². The van der Waals surface area contributed by atoms with Crippen LogP contribution < -0.4 is 25.2 Å². The first-order valence-corrected chi connectivity index (χ1v) is 21.6. The number of ether oxygens (including phenoxy) is 1. The molecule has 5 aliphatic heterocycles. The molecule has 4 saturated heterocycles. The highest BCUT2D eigenvalue weighted by atomic mass is 35.5. The summed E-state index contributed by atoms with van der Waals surface area (Å²) in [7, 11) is 0. The Balaban J connectivity index is 0.692. The number of halogens is 2. The van der Waals surface area contributed by atoms with Crippen LogP contribution in [0.5, 0.6) is 5.75 Å². The summed E-state index contributed by atoms with van der Waals surface area (Å²) < 4.78 is 21.5. The molecule has 1 unspecified atom stereocenters. The van der Waals surface area contributed by atoms with Crippen molar-refractivity contribution in [2.24, 2.45) is 11.3 Å². The van der Waals surface area contributed by atoms with Crippen LogP contribution in [0.15, 0.2) is 42.7 Å². The number of nitrogens with one attached hydrogen (secondary N) is 2. The number of hydrogen-bond acceptors (Lipinski definition) is 12. The van der Waals surface area contributed by atoms with Crippen molar-refractivity contribution in [3.05, 3.63) is 75.9 Å².